The molecule has 0 spiro atoms. The van der Waals surface area contributed by atoms with Crippen LogP contribution >= 0.6 is 0 Å². The summed E-state index contributed by atoms with van der Waals surface area (Å²) < 4.78 is 6.02. The van der Waals surface area contributed by atoms with Gasteiger partial charge in [0.25, 0.3) is 0 Å². The summed E-state index contributed by atoms with van der Waals surface area (Å²) in [4.78, 5) is 13.6. The Morgan fingerprint density at radius 1 is 0.878 bits per heavy atom. The monoisotopic (exact) mass is 734 g/mol. The molecular formula is C35H35IrN3OSi-2. The van der Waals surface area contributed by atoms with E-state index >= 15 is 0 Å². The molecule has 4 nitrogen and oxygen atoms in total. The summed E-state index contributed by atoms with van der Waals surface area (Å²) in [6.45, 7) is 15.7. The molecule has 6 rings (SSSR count). The van der Waals surface area contributed by atoms with Gasteiger partial charge in [0.1, 0.15) is 0 Å². The van der Waals surface area contributed by atoms with Crippen molar-refractivity contribution in [1.29, 1.82) is 0 Å². The van der Waals surface area contributed by atoms with Gasteiger partial charge in [0.05, 0.1) is 13.7 Å². The van der Waals surface area contributed by atoms with Crippen LogP contribution in [0.4, 0.5) is 0 Å². The number of fused-ring (bicyclic) bond motifs is 3. The number of pyridine rings is 3. The molecule has 0 bridgehead atoms. The Morgan fingerprint density at radius 2 is 1.66 bits per heavy atom. The molecule has 0 atom stereocenters. The van der Waals surface area contributed by atoms with Gasteiger partial charge in [-0.05, 0) is 47.6 Å². The fraction of sp³-hybridized carbons (Fsp3) is 0.229. The number of benzene rings is 2. The van der Waals surface area contributed by atoms with E-state index < -0.39 is 8.07 Å². The minimum Gasteiger partial charge on any atom is -0.486 e. The number of hydrogen-bond acceptors (Lipinski definition) is 4. The maximum atomic E-state index is 6.02. The summed E-state index contributed by atoms with van der Waals surface area (Å²) >= 11 is 0. The van der Waals surface area contributed by atoms with Crippen molar-refractivity contribution >= 4 is 35.3 Å². The summed E-state index contributed by atoms with van der Waals surface area (Å²) in [7, 11) is -1.34. The van der Waals surface area contributed by atoms with E-state index in [9.17, 15) is 0 Å². The van der Waals surface area contributed by atoms with Crippen molar-refractivity contribution in [2.24, 2.45) is 0 Å². The second kappa shape index (κ2) is 12.6. The third-order valence-electron chi connectivity index (χ3n) is 7.02. The van der Waals surface area contributed by atoms with Crippen LogP contribution in [0.3, 0.4) is 0 Å². The maximum absolute atomic E-state index is 6.02. The van der Waals surface area contributed by atoms with Crippen LogP contribution in [0.1, 0.15) is 36.6 Å². The van der Waals surface area contributed by atoms with E-state index in [-0.39, 0.29) is 20.1 Å². The fourth-order valence-corrected chi connectivity index (χ4v) is 6.61. The van der Waals surface area contributed by atoms with Gasteiger partial charge in [-0.2, -0.15) is 0 Å². The Hall–Kier alpha value is -3.44. The molecule has 0 fully saturated rings. The van der Waals surface area contributed by atoms with Gasteiger partial charge in [0.2, 0.25) is 5.71 Å². The molecule has 0 amide bonds. The fourth-order valence-electron chi connectivity index (χ4n) is 4.93. The second-order valence-corrected chi connectivity index (χ2v) is 16.5. The zero-order valence-corrected chi connectivity index (χ0v) is 28.1. The Kier molecular flexibility index (Phi) is 9.38. The van der Waals surface area contributed by atoms with Crippen molar-refractivity contribution in [2.45, 2.75) is 53.3 Å². The van der Waals surface area contributed by atoms with Gasteiger partial charge in [-0.25, -0.2) is 4.98 Å². The van der Waals surface area contributed by atoms with Crippen LogP contribution < -0.4 is 5.19 Å². The predicted octanol–water partition coefficient (Wildman–Crippen LogP) is 8.67. The molecule has 6 heteroatoms. The quantitative estimate of drug-likeness (QED) is 0.135. The molecule has 6 aromatic rings. The smallest absolute Gasteiger partial charge is 0.216 e. The first-order chi connectivity index (χ1) is 19.1. The molecule has 0 unspecified atom stereocenters. The molecule has 4 heterocycles. The normalized spacial score (nSPS) is 11.3. The number of rotatable bonds is 4. The van der Waals surface area contributed by atoms with Crippen molar-refractivity contribution in [3.05, 3.63) is 108 Å². The maximum Gasteiger partial charge on any atom is 0.216 e. The Bertz CT molecular complexity index is 1780. The van der Waals surface area contributed by atoms with Gasteiger partial charge in [-0.3, -0.25) is 0 Å². The average Bonchev–Trinajstić information content (AvgIpc) is 3.33. The molecule has 0 saturated carbocycles. The summed E-state index contributed by atoms with van der Waals surface area (Å²) in [5.74, 6) is 0.534. The molecule has 0 saturated heterocycles. The van der Waals surface area contributed by atoms with E-state index in [1.807, 2.05) is 55.5 Å². The van der Waals surface area contributed by atoms with Crippen molar-refractivity contribution < 1.29 is 24.5 Å². The topological polar surface area (TPSA) is 51.8 Å². The number of aryl methyl sites for hydroxylation is 2. The van der Waals surface area contributed by atoms with E-state index in [0.29, 0.717) is 11.6 Å². The third-order valence-corrected chi connectivity index (χ3v) is 9.05. The number of aromatic nitrogens is 3. The number of nitrogens with zero attached hydrogens (tertiary/aromatic N) is 3. The summed E-state index contributed by atoms with van der Waals surface area (Å²) in [5, 5.41) is 3.61. The first-order valence-electron chi connectivity index (χ1n) is 13.7. The van der Waals surface area contributed by atoms with Gasteiger partial charge in [-0.15, -0.1) is 53.6 Å². The van der Waals surface area contributed by atoms with Crippen LogP contribution in [0.5, 0.6) is 0 Å². The van der Waals surface area contributed by atoms with Crippen molar-refractivity contribution in [1.82, 2.24) is 15.0 Å². The van der Waals surface area contributed by atoms with E-state index in [0.717, 1.165) is 50.1 Å². The van der Waals surface area contributed by atoms with Gasteiger partial charge in [0.15, 0.2) is 0 Å². The minimum absolute atomic E-state index is 0. The Labute approximate surface area is 257 Å². The Morgan fingerprint density at radius 3 is 2.32 bits per heavy atom. The number of furan rings is 1. The van der Waals surface area contributed by atoms with Crippen molar-refractivity contribution in [2.75, 3.05) is 0 Å². The van der Waals surface area contributed by atoms with Crippen LogP contribution in [0, 0.1) is 26.0 Å². The number of hydrogen-bond donors (Lipinski definition) is 0. The SMILES string of the molecule is CC(C)c1cc(-c2[c-]cccc2)ncc1[Si](C)(C)C.Cc1ccc2c(n1)oc1c(-c3ccccn3)[c-]cc(C)c12.[Ir]. The largest absolute Gasteiger partial charge is 0.486 e. The summed E-state index contributed by atoms with van der Waals surface area (Å²) in [6.07, 6.45) is 3.87. The molecule has 0 aliphatic heterocycles. The van der Waals surface area contributed by atoms with Gasteiger partial charge < -0.3 is 14.4 Å². The zero-order valence-electron chi connectivity index (χ0n) is 24.7. The van der Waals surface area contributed by atoms with Crippen LogP contribution in [0.25, 0.3) is 44.6 Å². The predicted molar refractivity (Wildman–Crippen MR) is 169 cm³/mol. The Balaban J connectivity index is 0.000000186. The van der Waals surface area contributed by atoms with Crippen LogP contribution in [0.15, 0.2) is 83.5 Å². The van der Waals surface area contributed by atoms with Gasteiger partial charge in [-0.1, -0.05) is 75.1 Å². The summed E-state index contributed by atoms with van der Waals surface area (Å²) in [5.41, 5.74) is 8.85. The molecular weight excluding hydrogens is 699 g/mol. The molecule has 0 aliphatic rings. The zero-order chi connectivity index (χ0) is 28.4. The van der Waals surface area contributed by atoms with Crippen LogP contribution in [-0.2, 0) is 20.1 Å². The van der Waals surface area contributed by atoms with Crippen molar-refractivity contribution in [3.8, 4) is 22.5 Å². The average molecular weight is 734 g/mol. The molecule has 41 heavy (non-hydrogen) atoms. The minimum atomic E-state index is -1.34. The first kappa shape index (κ1) is 30.5. The van der Waals surface area contributed by atoms with Gasteiger partial charge >= 0.3 is 0 Å². The summed E-state index contributed by atoms with van der Waals surface area (Å²) in [6, 6.07) is 28.7. The van der Waals surface area contributed by atoms with Crippen molar-refractivity contribution in [3.63, 3.8) is 0 Å². The van der Waals surface area contributed by atoms with E-state index in [1.165, 1.54) is 10.8 Å². The first-order valence-corrected chi connectivity index (χ1v) is 17.2. The molecule has 0 aliphatic carbocycles. The van der Waals surface area contributed by atoms with Gasteiger partial charge in [0, 0.05) is 43.6 Å². The third kappa shape index (κ3) is 6.56. The van der Waals surface area contributed by atoms with E-state index in [4.69, 9.17) is 4.42 Å². The molecule has 4 aromatic heterocycles. The molecule has 2 aromatic carbocycles. The van der Waals surface area contributed by atoms with Crippen LogP contribution in [-0.4, -0.2) is 23.0 Å². The van der Waals surface area contributed by atoms with Crippen LogP contribution in [0.2, 0.25) is 19.6 Å². The molecule has 1 radical (unpaired) electrons. The van der Waals surface area contributed by atoms with E-state index in [1.54, 1.807) is 6.20 Å². The molecule has 211 valence electrons. The second-order valence-electron chi connectivity index (χ2n) is 11.5. The molecule has 0 N–H and O–H groups in total. The van der Waals surface area contributed by atoms with E-state index in [2.05, 4.69) is 91.9 Å². The standard InChI is InChI=1S/C18H13N2O.C17H22NSi.Ir/c1-11-6-8-13(15-5-3-4-10-19-15)17-16(11)14-9-7-12(2)20-18(14)21-17;1-13(2)15-11-16(14-9-7-6-8-10-14)18-12-17(15)19(3,4)5;/h3-7,9-10H,1-2H3;6-9,11-13H,1-5H3;/q2*-1;.